The molecule has 0 amide bonds. The molecule has 0 aliphatic carbocycles. The molecule has 0 aliphatic rings. The fourth-order valence-electron chi connectivity index (χ4n) is 2.12. The van der Waals surface area contributed by atoms with Gasteiger partial charge in [-0.25, -0.2) is 0 Å². The Morgan fingerprint density at radius 1 is 1.11 bits per heavy atom. The fraction of sp³-hybridized carbons (Fsp3) is 0.412. The Kier molecular flexibility index (Phi) is 4.47. The van der Waals surface area contributed by atoms with Crippen molar-refractivity contribution in [3.63, 3.8) is 0 Å². The summed E-state index contributed by atoms with van der Waals surface area (Å²) >= 11 is 0. The van der Waals surface area contributed by atoms with Gasteiger partial charge in [-0.2, -0.15) is 0 Å². The van der Waals surface area contributed by atoms with Crippen molar-refractivity contribution >= 4 is 10.9 Å². The Morgan fingerprint density at radius 2 is 2.00 bits per heavy atom. The van der Waals surface area contributed by atoms with E-state index in [1.807, 2.05) is 0 Å². The summed E-state index contributed by atoms with van der Waals surface area (Å²) in [5.74, 6) is 6.48. The van der Waals surface area contributed by atoms with E-state index in [-0.39, 0.29) is 0 Å². The molecule has 0 unspecified atom stereocenters. The number of hydrogen-bond donors (Lipinski definition) is 1. The first-order valence-corrected chi connectivity index (χ1v) is 6.88. The number of aromatic amines is 1. The van der Waals surface area contributed by atoms with Crippen LogP contribution in [0.1, 0.15) is 50.3 Å². The van der Waals surface area contributed by atoms with E-state index in [0.717, 1.165) is 12.1 Å². The van der Waals surface area contributed by atoms with Crippen molar-refractivity contribution in [3.05, 3.63) is 35.5 Å². The van der Waals surface area contributed by atoms with Crippen molar-refractivity contribution in [2.75, 3.05) is 0 Å². The van der Waals surface area contributed by atoms with E-state index >= 15 is 0 Å². The van der Waals surface area contributed by atoms with Crippen molar-refractivity contribution in [1.29, 1.82) is 0 Å². The molecular weight excluding hydrogens is 218 g/mol. The molecule has 1 nitrogen and oxygen atoms in total. The molecular formula is C17H21N. The first-order chi connectivity index (χ1) is 8.79. The van der Waals surface area contributed by atoms with Crippen LogP contribution in [-0.4, -0.2) is 4.98 Å². The maximum Gasteiger partial charge on any atom is 0.0904 e. The Balaban J connectivity index is 1.97. The Labute approximate surface area is 110 Å². The van der Waals surface area contributed by atoms with Crippen LogP contribution in [0, 0.1) is 18.8 Å². The van der Waals surface area contributed by atoms with Gasteiger partial charge in [-0.15, -0.1) is 0 Å². The molecule has 0 spiro atoms. The maximum absolute atomic E-state index is 3.35. The van der Waals surface area contributed by atoms with Crippen LogP contribution in [-0.2, 0) is 0 Å². The second kappa shape index (κ2) is 6.31. The summed E-state index contributed by atoms with van der Waals surface area (Å²) in [5.41, 5.74) is 3.50. The second-order valence-corrected chi connectivity index (χ2v) is 4.89. The standard InChI is InChI=1S/C17H21N/c1-3-4-5-6-7-8-9-16-13-15-12-14(2)10-11-17(15)18-16/h10-13,18H,3-7H2,1-2H3. The number of aromatic nitrogens is 1. The van der Waals surface area contributed by atoms with Crippen LogP contribution in [0.3, 0.4) is 0 Å². The Morgan fingerprint density at radius 3 is 2.83 bits per heavy atom. The topological polar surface area (TPSA) is 15.8 Å². The van der Waals surface area contributed by atoms with E-state index in [1.54, 1.807) is 0 Å². The molecule has 94 valence electrons. The molecule has 18 heavy (non-hydrogen) atoms. The van der Waals surface area contributed by atoms with Crippen molar-refractivity contribution in [2.24, 2.45) is 0 Å². The molecule has 0 atom stereocenters. The average Bonchev–Trinajstić information content (AvgIpc) is 2.75. The van der Waals surface area contributed by atoms with E-state index < -0.39 is 0 Å². The number of unbranched alkanes of at least 4 members (excludes halogenated alkanes) is 4. The van der Waals surface area contributed by atoms with Crippen LogP contribution in [0.4, 0.5) is 0 Å². The average molecular weight is 239 g/mol. The van der Waals surface area contributed by atoms with Crippen LogP contribution < -0.4 is 0 Å². The van der Waals surface area contributed by atoms with Gasteiger partial charge in [0, 0.05) is 17.3 Å². The number of aryl methyl sites for hydroxylation is 1. The van der Waals surface area contributed by atoms with Crippen LogP contribution in [0.2, 0.25) is 0 Å². The number of nitrogens with one attached hydrogen (secondary N) is 1. The van der Waals surface area contributed by atoms with Gasteiger partial charge < -0.3 is 4.98 Å². The SMILES string of the molecule is CCCCCCC#Cc1cc2cc(C)ccc2[nH]1. The lowest BCUT2D eigenvalue weighted by molar-refractivity contribution is 0.679. The lowest BCUT2D eigenvalue weighted by Crippen LogP contribution is -1.75. The van der Waals surface area contributed by atoms with Gasteiger partial charge in [0.25, 0.3) is 0 Å². The fourth-order valence-corrected chi connectivity index (χ4v) is 2.12. The van der Waals surface area contributed by atoms with Crippen LogP contribution >= 0.6 is 0 Å². The highest BCUT2D eigenvalue weighted by atomic mass is 14.7. The van der Waals surface area contributed by atoms with Gasteiger partial charge in [-0.1, -0.05) is 43.7 Å². The minimum Gasteiger partial charge on any atom is -0.348 e. The number of rotatable bonds is 4. The third-order valence-corrected chi connectivity index (χ3v) is 3.15. The first kappa shape index (κ1) is 12.8. The van der Waals surface area contributed by atoms with E-state index in [4.69, 9.17) is 0 Å². The van der Waals surface area contributed by atoms with Crippen molar-refractivity contribution in [1.82, 2.24) is 4.98 Å². The molecule has 0 aliphatic heterocycles. The van der Waals surface area contributed by atoms with Crippen molar-refractivity contribution < 1.29 is 0 Å². The zero-order chi connectivity index (χ0) is 12.8. The predicted octanol–water partition coefficient (Wildman–Crippen LogP) is 4.80. The van der Waals surface area contributed by atoms with Crippen molar-refractivity contribution in [2.45, 2.75) is 46.0 Å². The molecule has 2 rings (SSSR count). The lowest BCUT2D eigenvalue weighted by atomic mass is 10.1. The smallest absolute Gasteiger partial charge is 0.0904 e. The van der Waals surface area contributed by atoms with Crippen molar-refractivity contribution in [3.8, 4) is 11.8 Å². The highest BCUT2D eigenvalue weighted by Crippen LogP contribution is 2.16. The number of benzene rings is 1. The van der Waals surface area contributed by atoms with Gasteiger partial charge in [0.1, 0.15) is 0 Å². The highest BCUT2D eigenvalue weighted by Gasteiger charge is 1.97. The predicted molar refractivity (Wildman–Crippen MR) is 78.7 cm³/mol. The van der Waals surface area contributed by atoms with E-state index in [0.29, 0.717) is 0 Å². The van der Waals surface area contributed by atoms with Gasteiger partial charge in [0.2, 0.25) is 0 Å². The monoisotopic (exact) mass is 239 g/mol. The van der Waals surface area contributed by atoms with Gasteiger partial charge in [-0.3, -0.25) is 0 Å². The third kappa shape index (κ3) is 3.40. The first-order valence-electron chi connectivity index (χ1n) is 6.88. The second-order valence-electron chi connectivity index (χ2n) is 4.89. The number of H-pyrrole nitrogens is 1. The van der Waals surface area contributed by atoms with E-state index in [1.165, 1.54) is 42.1 Å². The largest absolute Gasteiger partial charge is 0.348 e. The van der Waals surface area contributed by atoms with Crippen LogP contribution in [0.5, 0.6) is 0 Å². The van der Waals surface area contributed by atoms with Gasteiger partial charge in [0.05, 0.1) is 5.69 Å². The molecule has 2 aromatic rings. The molecule has 1 heteroatoms. The van der Waals surface area contributed by atoms with Gasteiger partial charge >= 0.3 is 0 Å². The Hall–Kier alpha value is -1.68. The minimum absolute atomic E-state index is 1.01. The van der Waals surface area contributed by atoms with Gasteiger partial charge in [-0.05, 0) is 37.5 Å². The summed E-state index contributed by atoms with van der Waals surface area (Å²) in [6, 6.07) is 8.58. The summed E-state index contributed by atoms with van der Waals surface area (Å²) in [5, 5.41) is 1.25. The van der Waals surface area contributed by atoms with E-state index in [9.17, 15) is 0 Å². The summed E-state index contributed by atoms with van der Waals surface area (Å²) < 4.78 is 0. The molecule has 0 fully saturated rings. The summed E-state index contributed by atoms with van der Waals surface area (Å²) in [6.45, 7) is 4.35. The summed E-state index contributed by atoms with van der Waals surface area (Å²) in [4.78, 5) is 3.35. The summed E-state index contributed by atoms with van der Waals surface area (Å²) in [6.07, 6.45) is 6.15. The summed E-state index contributed by atoms with van der Waals surface area (Å²) in [7, 11) is 0. The number of fused-ring (bicyclic) bond motifs is 1. The molecule has 1 aromatic carbocycles. The molecule has 1 N–H and O–H groups in total. The highest BCUT2D eigenvalue weighted by molar-refractivity contribution is 5.82. The van der Waals surface area contributed by atoms with Crippen LogP contribution in [0.15, 0.2) is 24.3 Å². The zero-order valence-corrected chi connectivity index (χ0v) is 11.3. The minimum atomic E-state index is 1.01. The molecule has 0 saturated carbocycles. The van der Waals surface area contributed by atoms with E-state index in [2.05, 4.69) is 54.9 Å². The van der Waals surface area contributed by atoms with Crippen LogP contribution in [0.25, 0.3) is 10.9 Å². The third-order valence-electron chi connectivity index (χ3n) is 3.15. The normalized spacial score (nSPS) is 10.3. The molecule has 0 radical (unpaired) electrons. The maximum atomic E-state index is 3.35. The number of hydrogen-bond acceptors (Lipinski definition) is 0. The molecule has 1 aromatic heterocycles. The Bertz CT molecular complexity index is 566. The molecule has 1 heterocycles. The molecule has 0 bridgehead atoms. The quantitative estimate of drug-likeness (QED) is 0.583. The lowest BCUT2D eigenvalue weighted by Gasteiger charge is -1.91. The molecule has 0 saturated heterocycles. The zero-order valence-electron chi connectivity index (χ0n) is 11.3. The van der Waals surface area contributed by atoms with Gasteiger partial charge in [0.15, 0.2) is 0 Å².